The van der Waals surface area contributed by atoms with Gasteiger partial charge in [-0.2, -0.15) is 0 Å². The molecular weight excluding hydrogens is 497 g/mol. The van der Waals surface area contributed by atoms with E-state index in [-0.39, 0.29) is 25.1 Å². The minimum absolute atomic E-state index is 0.0672. The number of carbonyl (C=O) groups is 1. The van der Waals surface area contributed by atoms with Gasteiger partial charge in [-0.25, -0.2) is 12.8 Å². The van der Waals surface area contributed by atoms with Gasteiger partial charge in [0.05, 0.1) is 18.5 Å². The highest BCUT2D eigenvalue weighted by molar-refractivity contribution is 7.92. The molecule has 0 aliphatic carbocycles. The first-order chi connectivity index (χ1) is 17.8. The van der Waals surface area contributed by atoms with Gasteiger partial charge in [-0.05, 0) is 59.7 Å². The Hall–Kier alpha value is -3.63. The molecule has 8 nitrogen and oxygen atoms in total. The van der Waals surface area contributed by atoms with Crippen LogP contribution in [0.4, 0.5) is 10.1 Å². The van der Waals surface area contributed by atoms with Crippen molar-refractivity contribution in [2.45, 2.75) is 13.1 Å². The molecule has 1 amide bonds. The van der Waals surface area contributed by atoms with Crippen LogP contribution >= 0.6 is 0 Å². The lowest BCUT2D eigenvalue weighted by Gasteiger charge is -2.35. The third kappa shape index (κ3) is 5.86. The van der Waals surface area contributed by atoms with Crippen LogP contribution in [0.25, 0.3) is 0 Å². The van der Waals surface area contributed by atoms with Crippen LogP contribution in [-0.4, -0.2) is 63.4 Å². The number of piperazine rings is 1. The standard InChI is InChI=1S/C27H28FN3O5S/c1-37(33,34)31(18-20-2-7-23(28)8-3-20)24-9-5-22(6-10-24)27(32)30-14-12-29(13-15-30)17-21-4-11-25-26(16-21)36-19-35-25/h2-11,16H,12-15,17-19H2,1H3. The fourth-order valence-corrected chi connectivity index (χ4v) is 5.40. The maximum absolute atomic E-state index is 13.2. The molecule has 0 spiro atoms. The van der Waals surface area contributed by atoms with E-state index in [1.807, 2.05) is 23.1 Å². The van der Waals surface area contributed by atoms with Crippen molar-refractivity contribution in [1.29, 1.82) is 0 Å². The van der Waals surface area contributed by atoms with Crippen molar-refractivity contribution < 1.29 is 27.1 Å². The normalized spacial score (nSPS) is 15.6. The summed E-state index contributed by atoms with van der Waals surface area (Å²) in [6.45, 7) is 3.79. The zero-order chi connectivity index (χ0) is 26.0. The number of benzene rings is 3. The van der Waals surface area contributed by atoms with Crippen molar-refractivity contribution in [2.75, 3.05) is 43.5 Å². The number of hydrogen-bond donors (Lipinski definition) is 0. The molecule has 0 saturated carbocycles. The first-order valence-electron chi connectivity index (χ1n) is 12.0. The largest absolute Gasteiger partial charge is 0.454 e. The predicted octanol–water partition coefficient (Wildman–Crippen LogP) is 3.48. The summed E-state index contributed by atoms with van der Waals surface area (Å²) in [6, 6.07) is 18.2. The SMILES string of the molecule is CS(=O)(=O)N(Cc1ccc(F)cc1)c1ccc(C(=O)N2CCN(Cc3ccc4c(c3)OCO4)CC2)cc1. The molecule has 2 heterocycles. The molecule has 0 atom stereocenters. The van der Waals surface area contributed by atoms with Gasteiger partial charge >= 0.3 is 0 Å². The van der Waals surface area contributed by atoms with E-state index >= 15 is 0 Å². The number of nitrogens with zero attached hydrogens (tertiary/aromatic N) is 3. The van der Waals surface area contributed by atoms with Gasteiger partial charge in [-0.15, -0.1) is 0 Å². The van der Waals surface area contributed by atoms with Crippen LogP contribution in [0.5, 0.6) is 11.5 Å². The average Bonchev–Trinajstić information content (AvgIpc) is 3.36. The molecule has 1 saturated heterocycles. The van der Waals surface area contributed by atoms with Crippen LogP contribution in [-0.2, 0) is 23.1 Å². The zero-order valence-corrected chi connectivity index (χ0v) is 21.3. The summed E-state index contributed by atoms with van der Waals surface area (Å²) >= 11 is 0. The topological polar surface area (TPSA) is 79.4 Å². The summed E-state index contributed by atoms with van der Waals surface area (Å²) in [6.07, 6.45) is 1.12. The number of anilines is 1. The fourth-order valence-electron chi connectivity index (χ4n) is 4.52. The van der Waals surface area contributed by atoms with Crippen LogP contribution in [0, 0.1) is 5.82 Å². The van der Waals surface area contributed by atoms with Crippen molar-refractivity contribution in [2.24, 2.45) is 0 Å². The molecular formula is C27H28FN3O5S. The highest BCUT2D eigenvalue weighted by Gasteiger charge is 2.24. The number of sulfonamides is 1. The maximum Gasteiger partial charge on any atom is 0.253 e. The second kappa shape index (κ2) is 10.4. The van der Waals surface area contributed by atoms with Crippen molar-refractivity contribution in [1.82, 2.24) is 9.80 Å². The van der Waals surface area contributed by atoms with E-state index in [4.69, 9.17) is 9.47 Å². The van der Waals surface area contributed by atoms with E-state index < -0.39 is 10.0 Å². The summed E-state index contributed by atoms with van der Waals surface area (Å²) in [4.78, 5) is 17.2. The molecule has 0 unspecified atom stereocenters. The number of halogens is 1. The van der Waals surface area contributed by atoms with E-state index in [0.717, 1.165) is 43.0 Å². The van der Waals surface area contributed by atoms with E-state index in [2.05, 4.69) is 4.90 Å². The second-order valence-corrected chi connectivity index (χ2v) is 11.1. The van der Waals surface area contributed by atoms with E-state index in [0.29, 0.717) is 29.9 Å². The lowest BCUT2D eigenvalue weighted by molar-refractivity contribution is 0.0628. The summed E-state index contributed by atoms with van der Waals surface area (Å²) < 4.78 is 50.2. The number of carbonyl (C=O) groups excluding carboxylic acids is 1. The molecule has 2 aliphatic rings. The molecule has 1 fully saturated rings. The summed E-state index contributed by atoms with van der Waals surface area (Å²) in [5, 5.41) is 0. The van der Waals surface area contributed by atoms with Crippen LogP contribution in [0.2, 0.25) is 0 Å². The van der Waals surface area contributed by atoms with Gasteiger partial charge in [0, 0.05) is 38.3 Å². The first-order valence-corrected chi connectivity index (χ1v) is 13.8. The molecule has 0 aromatic heterocycles. The van der Waals surface area contributed by atoms with Crippen molar-refractivity contribution >= 4 is 21.6 Å². The molecule has 37 heavy (non-hydrogen) atoms. The van der Waals surface area contributed by atoms with E-state index in [1.165, 1.54) is 16.4 Å². The van der Waals surface area contributed by atoms with Gasteiger partial charge in [-0.3, -0.25) is 14.0 Å². The number of ether oxygens (including phenoxy) is 2. The summed E-state index contributed by atoms with van der Waals surface area (Å²) in [5.74, 6) is 1.06. The number of rotatable bonds is 7. The monoisotopic (exact) mass is 525 g/mol. The predicted molar refractivity (Wildman–Crippen MR) is 138 cm³/mol. The van der Waals surface area contributed by atoms with Gasteiger partial charge in [0.2, 0.25) is 16.8 Å². The minimum atomic E-state index is -3.59. The minimum Gasteiger partial charge on any atom is -0.454 e. The Kier molecular flexibility index (Phi) is 7.03. The second-order valence-electron chi connectivity index (χ2n) is 9.20. The van der Waals surface area contributed by atoms with Crippen LogP contribution in [0.15, 0.2) is 66.7 Å². The molecule has 10 heteroatoms. The van der Waals surface area contributed by atoms with E-state index in [1.54, 1.807) is 36.4 Å². The lowest BCUT2D eigenvalue weighted by Crippen LogP contribution is -2.48. The molecule has 194 valence electrons. The van der Waals surface area contributed by atoms with Gasteiger partial charge < -0.3 is 14.4 Å². The fraction of sp³-hybridized carbons (Fsp3) is 0.296. The number of fused-ring (bicyclic) bond motifs is 1. The summed E-state index contributed by atoms with van der Waals surface area (Å²) in [7, 11) is -3.59. The Bertz CT molecular complexity index is 1370. The van der Waals surface area contributed by atoms with Crippen LogP contribution in [0.1, 0.15) is 21.5 Å². The highest BCUT2D eigenvalue weighted by Crippen LogP contribution is 2.33. The highest BCUT2D eigenvalue weighted by atomic mass is 32.2. The molecule has 5 rings (SSSR count). The quantitative estimate of drug-likeness (QED) is 0.470. The average molecular weight is 526 g/mol. The Morgan fingerprint density at radius 2 is 1.54 bits per heavy atom. The zero-order valence-electron chi connectivity index (χ0n) is 20.5. The van der Waals surface area contributed by atoms with Crippen molar-refractivity contribution in [3.05, 3.63) is 89.2 Å². The Morgan fingerprint density at radius 3 is 2.22 bits per heavy atom. The Morgan fingerprint density at radius 1 is 0.892 bits per heavy atom. The Balaban J connectivity index is 1.20. The molecule has 0 radical (unpaired) electrons. The smallest absolute Gasteiger partial charge is 0.253 e. The molecule has 3 aromatic rings. The molecule has 2 aliphatic heterocycles. The third-order valence-corrected chi connectivity index (χ3v) is 7.69. The van der Waals surface area contributed by atoms with E-state index in [9.17, 15) is 17.6 Å². The van der Waals surface area contributed by atoms with Gasteiger partial charge in [-0.1, -0.05) is 18.2 Å². The third-order valence-electron chi connectivity index (χ3n) is 6.54. The number of hydrogen-bond acceptors (Lipinski definition) is 6. The summed E-state index contributed by atoms with van der Waals surface area (Å²) in [5.41, 5.74) is 2.74. The molecule has 0 N–H and O–H groups in total. The van der Waals surface area contributed by atoms with Crippen molar-refractivity contribution in [3.8, 4) is 11.5 Å². The lowest BCUT2D eigenvalue weighted by atomic mass is 10.1. The van der Waals surface area contributed by atoms with Gasteiger partial charge in [0.25, 0.3) is 5.91 Å². The molecule has 0 bridgehead atoms. The molecule has 3 aromatic carbocycles. The Labute approximate surface area is 215 Å². The van der Waals surface area contributed by atoms with Gasteiger partial charge in [0.15, 0.2) is 11.5 Å². The maximum atomic E-state index is 13.2. The first kappa shape index (κ1) is 25.0. The van der Waals surface area contributed by atoms with Crippen molar-refractivity contribution in [3.63, 3.8) is 0 Å². The van der Waals surface area contributed by atoms with Crippen LogP contribution in [0.3, 0.4) is 0 Å². The number of amides is 1. The van der Waals surface area contributed by atoms with Gasteiger partial charge in [0.1, 0.15) is 5.82 Å². The van der Waals surface area contributed by atoms with Crippen LogP contribution < -0.4 is 13.8 Å².